The summed E-state index contributed by atoms with van der Waals surface area (Å²) >= 11 is 0. The first-order valence-corrected chi connectivity index (χ1v) is 5.19. The summed E-state index contributed by atoms with van der Waals surface area (Å²) in [4.78, 5) is 8.58. The maximum absolute atomic E-state index is 8.99. The van der Waals surface area contributed by atoms with Gasteiger partial charge in [0.05, 0.1) is 6.07 Å². The standard InChI is InChI=1S/C12H17N3/c1-9(2)7-10-5-6-14-11(15-10)12(3,4)8-13/h5-6,9H,7H2,1-4H3. The number of rotatable bonds is 3. The Kier molecular flexibility index (Phi) is 3.41. The fourth-order valence-corrected chi connectivity index (χ4v) is 1.28. The number of hydrogen-bond acceptors (Lipinski definition) is 3. The first-order valence-electron chi connectivity index (χ1n) is 5.19. The van der Waals surface area contributed by atoms with Crippen LogP contribution in [-0.4, -0.2) is 9.97 Å². The van der Waals surface area contributed by atoms with Gasteiger partial charge in [0, 0.05) is 11.9 Å². The molecule has 1 heterocycles. The van der Waals surface area contributed by atoms with Crippen molar-refractivity contribution in [1.82, 2.24) is 9.97 Å². The predicted molar refractivity (Wildman–Crippen MR) is 59.2 cm³/mol. The normalized spacial score (nSPS) is 11.5. The van der Waals surface area contributed by atoms with Gasteiger partial charge >= 0.3 is 0 Å². The fourth-order valence-electron chi connectivity index (χ4n) is 1.28. The van der Waals surface area contributed by atoms with E-state index in [0.717, 1.165) is 12.1 Å². The Bertz CT molecular complexity index is 375. The van der Waals surface area contributed by atoms with Crippen molar-refractivity contribution < 1.29 is 0 Å². The van der Waals surface area contributed by atoms with E-state index in [0.29, 0.717) is 11.7 Å². The molecule has 0 radical (unpaired) electrons. The molecule has 0 fully saturated rings. The van der Waals surface area contributed by atoms with Crippen LogP contribution < -0.4 is 0 Å². The molecule has 1 rings (SSSR count). The molecule has 1 aromatic heterocycles. The van der Waals surface area contributed by atoms with Crippen LogP contribution in [0.2, 0.25) is 0 Å². The van der Waals surface area contributed by atoms with Gasteiger partial charge in [0.1, 0.15) is 11.2 Å². The molecule has 0 saturated carbocycles. The maximum Gasteiger partial charge on any atom is 0.148 e. The number of nitriles is 1. The molecule has 3 nitrogen and oxygen atoms in total. The molecule has 0 unspecified atom stereocenters. The van der Waals surface area contributed by atoms with Crippen molar-refractivity contribution in [2.24, 2.45) is 5.92 Å². The SMILES string of the molecule is CC(C)Cc1ccnc(C(C)(C)C#N)n1. The minimum atomic E-state index is -0.604. The second kappa shape index (κ2) is 4.39. The molecule has 0 spiro atoms. The summed E-state index contributed by atoms with van der Waals surface area (Å²) in [6.45, 7) is 7.97. The first-order chi connectivity index (χ1) is 6.95. The monoisotopic (exact) mass is 203 g/mol. The molecule has 0 aliphatic carbocycles. The van der Waals surface area contributed by atoms with Crippen molar-refractivity contribution in [3.8, 4) is 6.07 Å². The molecule has 0 saturated heterocycles. The van der Waals surface area contributed by atoms with E-state index >= 15 is 0 Å². The van der Waals surface area contributed by atoms with Crippen LogP contribution in [-0.2, 0) is 11.8 Å². The van der Waals surface area contributed by atoms with Gasteiger partial charge in [0.25, 0.3) is 0 Å². The third kappa shape index (κ3) is 3.02. The zero-order chi connectivity index (χ0) is 11.5. The Hall–Kier alpha value is -1.43. The van der Waals surface area contributed by atoms with Gasteiger partial charge in [0.2, 0.25) is 0 Å². The molecular weight excluding hydrogens is 186 g/mol. The minimum Gasteiger partial charge on any atom is -0.240 e. The quantitative estimate of drug-likeness (QED) is 0.758. The average molecular weight is 203 g/mol. The molecule has 3 heteroatoms. The van der Waals surface area contributed by atoms with E-state index in [1.165, 1.54) is 0 Å². The summed E-state index contributed by atoms with van der Waals surface area (Å²) in [5, 5.41) is 8.99. The summed E-state index contributed by atoms with van der Waals surface area (Å²) in [6.07, 6.45) is 2.66. The van der Waals surface area contributed by atoms with Gasteiger partial charge < -0.3 is 0 Å². The van der Waals surface area contributed by atoms with Gasteiger partial charge in [-0.2, -0.15) is 5.26 Å². The van der Waals surface area contributed by atoms with Crippen molar-refractivity contribution in [2.45, 2.75) is 39.5 Å². The Labute approximate surface area is 91.2 Å². The topological polar surface area (TPSA) is 49.6 Å². The summed E-state index contributed by atoms with van der Waals surface area (Å²) in [6, 6.07) is 4.13. The van der Waals surface area contributed by atoms with E-state index in [-0.39, 0.29) is 0 Å². The zero-order valence-corrected chi connectivity index (χ0v) is 9.78. The van der Waals surface area contributed by atoms with Gasteiger partial charge in [-0.25, -0.2) is 9.97 Å². The van der Waals surface area contributed by atoms with E-state index < -0.39 is 5.41 Å². The van der Waals surface area contributed by atoms with Crippen molar-refractivity contribution in [2.75, 3.05) is 0 Å². The fraction of sp³-hybridized carbons (Fsp3) is 0.583. The highest BCUT2D eigenvalue weighted by atomic mass is 14.9. The van der Waals surface area contributed by atoms with Crippen LogP contribution in [0.4, 0.5) is 0 Å². The van der Waals surface area contributed by atoms with Crippen molar-refractivity contribution in [1.29, 1.82) is 5.26 Å². The maximum atomic E-state index is 8.99. The highest BCUT2D eigenvalue weighted by Gasteiger charge is 2.23. The van der Waals surface area contributed by atoms with Crippen LogP contribution in [0.15, 0.2) is 12.3 Å². The summed E-state index contributed by atoms with van der Waals surface area (Å²) in [5.74, 6) is 1.18. The van der Waals surface area contributed by atoms with Crippen LogP contribution >= 0.6 is 0 Å². The number of hydrogen-bond donors (Lipinski definition) is 0. The number of nitrogens with zero attached hydrogens (tertiary/aromatic N) is 3. The van der Waals surface area contributed by atoms with Gasteiger partial charge in [0.15, 0.2) is 0 Å². The predicted octanol–water partition coefficient (Wildman–Crippen LogP) is 2.48. The van der Waals surface area contributed by atoms with E-state index in [1.807, 2.05) is 19.9 Å². The molecule has 0 bridgehead atoms. The smallest absolute Gasteiger partial charge is 0.148 e. The Morgan fingerprint density at radius 3 is 2.67 bits per heavy atom. The molecule has 15 heavy (non-hydrogen) atoms. The highest BCUT2D eigenvalue weighted by molar-refractivity contribution is 5.18. The van der Waals surface area contributed by atoms with Crippen LogP contribution in [0.3, 0.4) is 0 Å². The molecule has 0 aromatic carbocycles. The average Bonchev–Trinajstić information content (AvgIpc) is 2.17. The Morgan fingerprint density at radius 1 is 1.47 bits per heavy atom. The van der Waals surface area contributed by atoms with Crippen molar-refractivity contribution in [3.63, 3.8) is 0 Å². The molecule has 80 valence electrons. The van der Waals surface area contributed by atoms with Crippen LogP contribution in [0.5, 0.6) is 0 Å². The van der Waals surface area contributed by atoms with Crippen LogP contribution in [0, 0.1) is 17.2 Å². The third-order valence-corrected chi connectivity index (χ3v) is 2.17. The lowest BCUT2D eigenvalue weighted by atomic mass is 9.94. The minimum absolute atomic E-state index is 0.568. The Morgan fingerprint density at radius 2 is 2.13 bits per heavy atom. The van der Waals surface area contributed by atoms with Gasteiger partial charge in [-0.1, -0.05) is 13.8 Å². The summed E-state index contributed by atoms with van der Waals surface area (Å²) in [7, 11) is 0. The molecular formula is C12H17N3. The second-order valence-corrected chi connectivity index (χ2v) is 4.71. The summed E-state index contributed by atoms with van der Waals surface area (Å²) in [5.41, 5.74) is 0.408. The molecule has 0 atom stereocenters. The lowest BCUT2D eigenvalue weighted by Crippen LogP contribution is -2.19. The molecule has 0 aliphatic heterocycles. The largest absolute Gasteiger partial charge is 0.240 e. The number of aromatic nitrogens is 2. The molecule has 0 aliphatic rings. The van der Waals surface area contributed by atoms with E-state index in [2.05, 4.69) is 29.9 Å². The van der Waals surface area contributed by atoms with Gasteiger partial charge in [-0.05, 0) is 32.3 Å². The molecule has 0 N–H and O–H groups in total. The lowest BCUT2D eigenvalue weighted by Gasteiger charge is -2.14. The van der Waals surface area contributed by atoms with Gasteiger partial charge in [-0.15, -0.1) is 0 Å². The highest BCUT2D eigenvalue weighted by Crippen LogP contribution is 2.18. The zero-order valence-electron chi connectivity index (χ0n) is 9.78. The van der Waals surface area contributed by atoms with E-state index in [4.69, 9.17) is 5.26 Å². The second-order valence-electron chi connectivity index (χ2n) is 4.71. The van der Waals surface area contributed by atoms with E-state index in [1.54, 1.807) is 6.20 Å². The van der Waals surface area contributed by atoms with Crippen molar-refractivity contribution in [3.05, 3.63) is 23.8 Å². The van der Waals surface area contributed by atoms with Crippen molar-refractivity contribution >= 4 is 0 Å². The van der Waals surface area contributed by atoms with Gasteiger partial charge in [-0.3, -0.25) is 0 Å². The Balaban J connectivity index is 2.99. The summed E-state index contributed by atoms with van der Waals surface area (Å²) < 4.78 is 0. The first kappa shape index (κ1) is 11.6. The molecule has 0 amide bonds. The van der Waals surface area contributed by atoms with Crippen LogP contribution in [0.1, 0.15) is 39.2 Å². The third-order valence-electron chi connectivity index (χ3n) is 2.17. The van der Waals surface area contributed by atoms with E-state index in [9.17, 15) is 0 Å². The van der Waals surface area contributed by atoms with Crippen LogP contribution in [0.25, 0.3) is 0 Å². The molecule has 1 aromatic rings. The lowest BCUT2D eigenvalue weighted by molar-refractivity contribution is 0.596.